The molecule has 0 spiro atoms. The van der Waals surface area contributed by atoms with E-state index in [9.17, 15) is 9.59 Å². The number of amides is 1. The molecular formula is C15H11Br2NO3. The second-order valence-electron chi connectivity index (χ2n) is 4.34. The molecule has 21 heavy (non-hydrogen) atoms. The molecule has 1 N–H and O–H groups in total. The van der Waals surface area contributed by atoms with Gasteiger partial charge in [0.05, 0.1) is 11.1 Å². The maximum atomic E-state index is 12.5. The van der Waals surface area contributed by atoms with E-state index in [-0.39, 0.29) is 11.5 Å². The molecule has 0 heterocycles. The first-order valence-electron chi connectivity index (χ1n) is 5.96. The zero-order valence-electron chi connectivity index (χ0n) is 11.0. The Morgan fingerprint density at radius 3 is 2.24 bits per heavy atom. The van der Waals surface area contributed by atoms with E-state index in [4.69, 9.17) is 5.11 Å². The van der Waals surface area contributed by atoms with Crippen molar-refractivity contribution >= 4 is 49.4 Å². The van der Waals surface area contributed by atoms with Crippen LogP contribution in [-0.2, 0) is 0 Å². The van der Waals surface area contributed by atoms with Gasteiger partial charge in [0.1, 0.15) is 0 Å². The monoisotopic (exact) mass is 411 g/mol. The van der Waals surface area contributed by atoms with Crippen LogP contribution in [-0.4, -0.2) is 24.0 Å². The Balaban J connectivity index is 2.30. The van der Waals surface area contributed by atoms with Crippen molar-refractivity contribution in [2.75, 3.05) is 11.9 Å². The van der Waals surface area contributed by atoms with Gasteiger partial charge in [-0.1, -0.05) is 15.9 Å². The van der Waals surface area contributed by atoms with Gasteiger partial charge < -0.3 is 10.0 Å². The number of carbonyl (C=O) groups is 2. The predicted octanol–water partition coefficient (Wildman–Crippen LogP) is 4.19. The van der Waals surface area contributed by atoms with E-state index in [1.165, 1.54) is 17.0 Å². The second kappa shape index (κ2) is 6.41. The molecule has 0 aliphatic rings. The van der Waals surface area contributed by atoms with Crippen molar-refractivity contribution in [3.8, 4) is 0 Å². The molecule has 0 aliphatic carbocycles. The van der Waals surface area contributed by atoms with Crippen LogP contribution in [0.25, 0.3) is 0 Å². The molecule has 0 saturated carbocycles. The third-order valence-corrected chi connectivity index (χ3v) is 4.15. The molecule has 0 radical (unpaired) electrons. The highest BCUT2D eigenvalue weighted by atomic mass is 79.9. The number of nitrogens with zero attached hydrogens (tertiary/aromatic N) is 1. The number of benzene rings is 2. The first-order chi connectivity index (χ1) is 9.90. The molecule has 0 atom stereocenters. The van der Waals surface area contributed by atoms with Crippen molar-refractivity contribution < 1.29 is 14.7 Å². The zero-order valence-corrected chi connectivity index (χ0v) is 14.2. The van der Waals surface area contributed by atoms with Crippen molar-refractivity contribution in [3.63, 3.8) is 0 Å². The second-order valence-corrected chi connectivity index (χ2v) is 6.11. The maximum absolute atomic E-state index is 12.5. The van der Waals surface area contributed by atoms with Crippen LogP contribution >= 0.6 is 31.9 Å². The van der Waals surface area contributed by atoms with Crippen LogP contribution in [0.2, 0.25) is 0 Å². The first kappa shape index (κ1) is 15.7. The highest BCUT2D eigenvalue weighted by Crippen LogP contribution is 2.24. The summed E-state index contributed by atoms with van der Waals surface area (Å²) in [4.78, 5) is 24.8. The van der Waals surface area contributed by atoms with Gasteiger partial charge in [-0.2, -0.15) is 0 Å². The van der Waals surface area contributed by atoms with Crippen LogP contribution in [0.15, 0.2) is 51.4 Å². The van der Waals surface area contributed by atoms with Gasteiger partial charge in [-0.15, -0.1) is 0 Å². The van der Waals surface area contributed by atoms with Crippen molar-refractivity contribution in [2.45, 2.75) is 0 Å². The Bertz CT molecular complexity index is 699. The molecule has 0 aromatic heterocycles. The summed E-state index contributed by atoms with van der Waals surface area (Å²) >= 11 is 6.70. The highest BCUT2D eigenvalue weighted by Gasteiger charge is 2.17. The number of carboxylic acid groups (broad SMARTS) is 1. The number of rotatable bonds is 3. The lowest BCUT2D eigenvalue weighted by Gasteiger charge is -2.18. The van der Waals surface area contributed by atoms with E-state index in [1.807, 2.05) is 6.07 Å². The van der Waals surface area contributed by atoms with Crippen LogP contribution in [0.1, 0.15) is 20.7 Å². The van der Waals surface area contributed by atoms with Gasteiger partial charge in [-0.05, 0) is 58.4 Å². The molecule has 1 amide bonds. The number of halogens is 2. The molecule has 108 valence electrons. The number of hydrogen-bond donors (Lipinski definition) is 1. The van der Waals surface area contributed by atoms with Gasteiger partial charge in [0.2, 0.25) is 0 Å². The molecule has 0 fully saturated rings. The first-order valence-corrected chi connectivity index (χ1v) is 7.55. The molecular weight excluding hydrogens is 402 g/mol. The van der Waals surface area contributed by atoms with Gasteiger partial charge in [-0.3, -0.25) is 4.79 Å². The molecule has 0 aliphatic heterocycles. The molecule has 2 rings (SSSR count). The minimum atomic E-state index is -0.995. The Morgan fingerprint density at radius 2 is 1.67 bits per heavy atom. The Labute approximate surface area is 138 Å². The predicted molar refractivity (Wildman–Crippen MR) is 88.0 cm³/mol. The Kier molecular flexibility index (Phi) is 4.80. The third kappa shape index (κ3) is 3.51. The van der Waals surface area contributed by atoms with E-state index < -0.39 is 5.97 Å². The number of carbonyl (C=O) groups excluding carboxylic acids is 1. The van der Waals surface area contributed by atoms with Gasteiger partial charge in [0, 0.05) is 21.7 Å². The summed E-state index contributed by atoms with van der Waals surface area (Å²) in [6.07, 6.45) is 0. The molecule has 6 heteroatoms. The van der Waals surface area contributed by atoms with Gasteiger partial charge in [0.25, 0.3) is 5.91 Å². The SMILES string of the molecule is CN(C(=O)c1cc(Br)ccc1Br)c1ccc(C(=O)O)cc1. The average Bonchev–Trinajstić information content (AvgIpc) is 2.48. The zero-order chi connectivity index (χ0) is 15.6. The lowest BCUT2D eigenvalue weighted by Crippen LogP contribution is -2.26. The molecule has 0 saturated heterocycles. The Hall–Kier alpha value is -1.66. The minimum absolute atomic E-state index is 0.184. The number of hydrogen-bond acceptors (Lipinski definition) is 2. The number of carboxylic acids is 1. The average molecular weight is 413 g/mol. The van der Waals surface area contributed by atoms with E-state index in [0.717, 1.165) is 4.47 Å². The smallest absolute Gasteiger partial charge is 0.335 e. The fourth-order valence-corrected chi connectivity index (χ4v) is 2.56. The van der Waals surface area contributed by atoms with Gasteiger partial charge in [0.15, 0.2) is 0 Å². The minimum Gasteiger partial charge on any atom is -0.478 e. The van der Waals surface area contributed by atoms with E-state index >= 15 is 0 Å². The molecule has 2 aromatic carbocycles. The van der Waals surface area contributed by atoms with Crippen LogP contribution in [0, 0.1) is 0 Å². The summed E-state index contributed by atoms with van der Waals surface area (Å²) in [7, 11) is 1.64. The largest absolute Gasteiger partial charge is 0.478 e. The van der Waals surface area contributed by atoms with E-state index in [1.54, 1.807) is 31.3 Å². The summed E-state index contributed by atoms with van der Waals surface area (Å²) in [6, 6.07) is 11.5. The van der Waals surface area contributed by atoms with Crippen molar-refractivity contribution in [1.29, 1.82) is 0 Å². The lowest BCUT2D eigenvalue weighted by molar-refractivity contribution is 0.0696. The normalized spacial score (nSPS) is 10.2. The summed E-state index contributed by atoms with van der Waals surface area (Å²) < 4.78 is 1.51. The molecule has 2 aromatic rings. The standard InChI is InChI=1S/C15H11Br2NO3/c1-18(11-5-2-9(3-6-11)15(20)21)14(19)12-8-10(16)4-7-13(12)17/h2-8H,1H3,(H,20,21). The van der Waals surface area contributed by atoms with E-state index in [2.05, 4.69) is 31.9 Å². The number of anilines is 1. The topological polar surface area (TPSA) is 57.6 Å². The fourth-order valence-electron chi connectivity index (χ4n) is 1.79. The van der Waals surface area contributed by atoms with Crippen LogP contribution in [0.3, 0.4) is 0 Å². The molecule has 0 unspecified atom stereocenters. The quantitative estimate of drug-likeness (QED) is 0.822. The summed E-state index contributed by atoms with van der Waals surface area (Å²) in [6.45, 7) is 0. The van der Waals surface area contributed by atoms with Gasteiger partial charge >= 0.3 is 5.97 Å². The van der Waals surface area contributed by atoms with Crippen LogP contribution in [0.5, 0.6) is 0 Å². The third-order valence-electron chi connectivity index (χ3n) is 2.97. The van der Waals surface area contributed by atoms with Crippen LogP contribution < -0.4 is 4.90 Å². The Morgan fingerprint density at radius 1 is 1.05 bits per heavy atom. The molecule has 0 bridgehead atoms. The molecule has 4 nitrogen and oxygen atoms in total. The van der Waals surface area contributed by atoms with Crippen LogP contribution in [0.4, 0.5) is 5.69 Å². The van der Waals surface area contributed by atoms with Gasteiger partial charge in [-0.25, -0.2) is 4.79 Å². The van der Waals surface area contributed by atoms with Crippen molar-refractivity contribution in [3.05, 3.63) is 62.5 Å². The summed E-state index contributed by atoms with van der Waals surface area (Å²) in [5.41, 5.74) is 1.33. The fraction of sp³-hybridized carbons (Fsp3) is 0.0667. The van der Waals surface area contributed by atoms with Crippen molar-refractivity contribution in [2.24, 2.45) is 0 Å². The van der Waals surface area contributed by atoms with E-state index in [0.29, 0.717) is 15.7 Å². The summed E-state index contributed by atoms with van der Waals surface area (Å²) in [5, 5.41) is 8.88. The lowest BCUT2D eigenvalue weighted by atomic mass is 10.1. The van der Waals surface area contributed by atoms with Crippen molar-refractivity contribution in [1.82, 2.24) is 0 Å². The number of aromatic carboxylic acids is 1. The summed E-state index contributed by atoms with van der Waals surface area (Å²) in [5.74, 6) is -1.18. The highest BCUT2D eigenvalue weighted by molar-refractivity contribution is 9.11. The maximum Gasteiger partial charge on any atom is 0.335 e.